The molecule has 7 heteroatoms. The van der Waals surface area contributed by atoms with Crippen molar-refractivity contribution in [1.29, 1.82) is 0 Å². The van der Waals surface area contributed by atoms with E-state index in [9.17, 15) is 4.79 Å². The van der Waals surface area contributed by atoms with Crippen molar-refractivity contribution in [2.45, 2.75) is 26.8 Å². The zero-order chi connectivity index (χ0) is 17.6. The van der Waals surface area contributed by atoms with Crippen molar-refractivity contribution in [3.63, 3.8) is 0 Å². The number of ether oxygens (including phenoxy) is 2. The number of fused-ring (bicyclic) bond motifs is 1. The van der Waals surface area contributed by atoms with E-state index in [0.717, 1.165) is 24.3 Å². The highest BCUT2D eigenvalue weighted by atomic mass is 16.7. The van der Waals surface area contributed by atoms with Gasteiger partial charge < -0.3 is 20.1 Å². The number of nitrogens with one attached hydrogen (secondary N) is 2. The number of amides is 1. The van der Waals surface area contributed by atoms with Gasteiger partial charge in [-0.2, -0.15) is 0 Å². The standard InChI is InChI=1S/C18H22N4O3/c1-12(2)7-8-19-17-6-4-14(21-22-17)18(23)20-10-13-3-5-15-16(9-13)25-11-24-15/h3-6,9,12H,7-8,10-11H2,1-2H3,(H,19,22)(H,20,23). The third-order valence-corrected chi connectivity index (χ3v) is 3.82. The Morgan fingerprint density at radius 2 is 2.00 bits per heavy atom. The molecule has 0 unspecified atom stereocenters. The van der Waals surface area contributed by atoms with Crippen LogP contribution < -0.4 is 20.1 Å². The highest BCUT2D eigenvalue weighted by Crippen LogP contribution is 2.32. The molecule has 1 aromatic carbocycles. The van der Waals surface area contributed by atoms with Crippen LogP contribution in [0.5, 0.6) is 11.5 Å². The molecule has 2 aromatic rings. The molecule has 0 saturated heterocycles. The van der Waals surface area contributed by atoms with Crippen LogP contribution in [0.1, 0.15) is 36.3 Å². The van der Waals surface area contributed by atoms with Gasteiger partial charge in [0.05, 0.1) is 0 Å². The number of hydrogen-bond acceptors (Lipinski definition) is 6. The van der Waals surface area contributed by atoms with Crippen LogP contribution in [-0.2, 0) is 6.54 Å². The largest absolute Gasteiger partial charge is 0.454 e. The van der Waals surface area contributed by atoms with Gasteiger partial charge in [0.2, 0.25) is 6.79 Å². The Morgan fingerprint density at radius 3 is 2.76 bits per heavy atom. The quantitative estimate of drug-likeness (QED) is 0.804. The van der Waals surface area contributed by atoms with Crippen molar-refractivity contribution in [3.05, 3.63) is 41.6 Å². The van der Waals surface area contributed by atoms with E-state index in [-0.39, 0.29) is 18.4 Å². The lowest BCUT2D eigenvalue weighted by Gasteiger charge is -2.08. The molecule has 0 spiro atoms. The van der Waals surface area contributed by atoms with Gasteiger partial charge in [-0.3, -0.25) is 4.79 Å². The van der Waals surface area contributed by atoms with E-state index < -0.39 is 0 Å². The van der Waals surface area contributed by atoms with Crippen molar-refractivity contribution < 1.29 is 14.3 Å². The average Bonchev–Trinajstić information content (AvgIpc) is 3.07. The third kappa shape index (κ3) is 4.59. The van der Waals surface area contributed by atoms with E-state index in [4.69, 9.17) is 9.47 Å². The fraction of sp³-hybridized carbons (Fsp3) is 0.389. The van der Waals surface area contributed by atoms with E-state index in [0.29, 0.717) is 24.0 Å². The minimum Gasteiger partial charge on any atom is -0.454 e. The second kappa shape index (κ2) is 7.83. The number of carbonyl (C=O) groups excluding carboxylic acids is 1. The minimum atomic E-state index is -0.265. The number of aromatic nitrogens is 2. The number of nitrogens with zero attached hydrogens (tertiary/aromatic N) is 2. The van der Waals surface area contributed by atoms with Gasteiger partial charge in [0.25, 0.3) is 5.91 Å². The predicted molar refractivity (Wildman–Crippen MR) is 93.7 cm³/mol. The number of rotatable bonds is 7. The zero-order valence-electron chi connectivity index (χ0n) is 14.4. The van der Waals surface area contributed by atoms with E-state index in [2.05, 4.69) is 34.7 Å². The van der Waals surface area contributed by atoms with Crippen LogP contribution in [-0.4, -0.2) is 29.4 Å². The molecule has 0 radical (unpaired) electrons. The summed E-state index contributed by atoms with van der Waals surface area (Å²) < 4.78 is 10.6. The van der Waals surface area contributed by atoms with Gasteiger partial charge in [-0.25, -0.2) is 0 Å². The maximum absolute atomic E-state index is 12.2. The number of hydrogen-bond donors (Lipinski definition) is 2. The minimum absolute atomic E-state index is 0.234. The van der Waals surface area contributed by atoms with Crippen LogP contribution in [0.25, 0.3) is 0 Å². The summed E-state index contributed by atoms with van der Waals surface area (Å²) in [4.78, 5) is 12.2. The summed E-state index contributed by atoms with van der Waals surface area (Å²) in [5.41, 5.74) is 1.22. The van der Waals surface area contributed by atoms with Gasteiger partial charge in [0, 0.05) is 13.1 Å². The summed E-state index contributed by atoms with van der Waals surface area (Å²) in [6, 6.07) is 9.01. The molecule has 0 saturated carbocycles. The second-order valence-electron chi connectivity index (χ2n) is 6.28. The first-order valence-corrected chi connectivity index (χ1v) is 8.36. The topological polar surface area (TPSA) is 85.4 Å². The zero-order valence-corrected chi connectivity index (χ0v) is 14.4. The highest BCUT2D eigenvalue weighted by Gasteiger charge is 2.14. The number of carbonyl (C=O) groups is 1. The summed E-state index contributed by atoms with van der Waals surface area (Å²) in [6.45, 7) is 5.79. The molecular weight excluding hydrogens is 320 g/mol. The van der Waals surface area contributed by atoms with E-state index in [1.807, 2.05) is 18.2 Å². The molecule has 7 nitrogen and oxygen atoms in total. The van der Waals surface area contributed by atoms with Crippen molar-refractivity contribution >= 4 is 11.7 Å². The van der Waals surface area contributed by atoms with Crippen molar-refractivity contribution in [3.8, 4) is 11.5 Å². The fourth-order valence-corrected chi connectivity index (χ4v) is 2.36. The first-order valence-electron chi connectivity index (χ1n) is 8.36. The van der Waals surface area contributed by atoms with Gasteiger partial charge >= 0.3 is 0 Å². The van der Waals surface area contributed by atoms with Gasteiger partial charge in [-0.1, -0.05) is 19.9 Å². The molecule has 2 heterocycles. The molecule has 1 amide bonds. The highest BCUT2D eigenvalue weighted by molar-refractivity contribution is 5.92. The molecule has 1 aromatic heterocycles. The molecule has 0 atom stereocenters. The fourth-order valence-electron chi connectivity index (χ4n) is 2.36. The average molecular weight is 342 g/mol. The SMILES string of the molecule is CC(C)CCNc1ccc(C(=O)NCc2ccc3c(c2)OCO3)nn1. The van der Waals surface area contributed by atoms with Crippen molar-refractivity contribution in [1.82, 2.24) is 15.5 Å². The van der Waals surface area contributed by atoms with Crippen LogP contribution in [0.4, 0.5) is 5.82 Å². The van der Waals surface area contributed by atoms with Crippen molar-refractivity contribution in [2.75, 3.05) is 18.7 Å². The predicted octanol–water partition coefficient (Wildman–Crippen LogP) is 2.59. The van der Waals surface area contributed by atoms with Crippen LogP contribution in [0.15, 0.2) is 30.3 Å². The summed E-state index contributed by atoms with van der Waals surface area (Å²) >= 11 is 0. The Labute approximate surface area is 146 Å². The molecule has 2 N–H and O–H groups in total. The Hall–Kier alpha value is -2.83. The molecular formula is C18H22N4O3. The van der Waals surface area contributed by atoms with Gasteiger partial charge in [0.15, 0.2) is 17.2 Å². The lowest BCUT2D eigenvalue weighted by Crippen LogP contribution is -2.24. The Bertz CT molecular complexity index is 732. The Balaban J connectivity index is 1.51. The number of anilines is 1. The normalized spacial score (nSPS) is 12.3. The van der Waals surface area contributed by atoms with Crippen LogP contribution in [0.2, 0.25) is 0 Å². The number of benzene rings is 1. The lowest BCUT2D eigenvalue weighted by atomic mass is 10.1. The molecule has 0 aliphatic carbocycles. The first kappa shape index (κ1) is 17.0. The molecule has 3 rings (SSSR count). The van der Waals surface area contributed by atoms with Crippen LogP contribution >= 0.6 is 0 Å². The summed E-state index contributed by atoms with van der Waals surface area (Å²) in [6.07, 6.45) is 1.06. The van der Waals surface area contributed by atoms with E-state index >= 15 is 0 Å². The smallest absolute Gasteiger partial charge is 0.272 e. The molecule has 0 fully saturated rings. The molecule has 1 aliphatic rings. The summed E-state index contributed by atoms with van der Waals surface area (Å²) in [5, 5.41) is 14.0. The monoisotopic (exact) mass is 342 g/mol. The third-order valence-electron chi connectivity index (χ3n) is 3.82. The van der Waals surface area contributed by atoms with E-state index in [1.54, 1.807) is 12.1 Å². The van der Waals surface area contributed by atoms with Crippen LogP contribution in [0.3, 0.4) is 0 Å². The Kier molecular flexibility index (Phi) is 5.33. The maximum Gasteiger partial charge on any atom is 0.272 e. The summed E-state index contributed by atoms with van der Waals surface area (Å²) in [7, 11) is 0. The second-order valence-corrected chi connectivity index (χ2v) is 6.28. The molecule has 25 heavy (non-hydrogen) atoms. The van der Waals surface area contributed by atoms with Crippen LogP contribution in [0, 0.1) is 5.92 Å². The molecule has 132 valence electrons. The van der Waals surface area contributed by atoms with Gasteiger partial charge in [-0.15, -0.1) is 10.2 Å². The lowest BCUT2D eigenvalue weighted by molar-refractivity contribution is 0.0945. The van der Waals surface area contributed by atoms with Gasteiger partial charge in [0.1, 0.15) is 5.82 Å². The maximum atomic E-state index is 12.2. The van der Waals surface area contributed by atoms with E-state index in [1.165, 1.54) is 0 Å². The molecule has 0 bridgehead atoms. The first-order chi connectivity index (χ1) is 12.1. The van der Waals surface area contributed by atoms with Gasteiger partial charge in [-0.05, 0) is 42.2 Å². The Morgan fingerprint density at radius 1 is 1.16 bits per heavy atom. The summed E-state index contributed by atoms with van der Waals surface area (Å²) in [5.74, 6) is 2.46. The van der Waals surface area contributed by atoms with Crippen molar-refractivity contribution in [2.24, 2.45) is 5.92 Å². The molecule has 1 aliphatic heterocycles.